The number of cyclic esters (lactones) is 1. The molecule has 0 bridgehead atoms. The van der Waals surface area contributed by atoms with Crippen molar-refractivity contribution in [2.24, 2.45) is 11.7 Å². The Bertz CT molecular complexity index is 1280. The first kappa shape index (κ1) is 25.9. The van der Waals surface area contributed by atoms with Gasteiger partial charge in [-0.2, -0.15) is 0 Å². The Labute approximate surface area is 224 Å². The van der Waals surface area contributed by atoms with E-state index in [1.54, 1.807) is 6.20 Å². The van der Waals surface area contributed by atoms with Crippen molar-refractivity contribution in [2.75, 3.05) is 18.5 Å². The van der Waals surface area contributed by atoms with Crippen LogP contribution in [-0.2, 0) is 15.1 Å². The Balaban J connectivity index is 1.28. The molecule has 3 N–H and O–H groups in total. The molecule has 7 nitrogen and oxygen atoms in total. The fourth-order valence-corrected chi connectivity index (χ4v) is 5.53. The minimum Gasteiger partial charge on any atom is -0.448 e. The molecule has 198 valence electrons. The summed E-state index contributed by atoms with van der Waals surface area (Å²) in [4.78, 5) is 31.5. The van der Waals surface area contributed by atoms with E-state index in [4.69, 9.17) is 15.5 Å². The lowest BCUT2D eigenvalue weighted by molar-refractivity contribution is -0.117. The van der Waals surface area contributed by atoms with Crippen molar-refractivity contribution in [1.82, 2.24) is 9.88 Å². The highest BCUT2D eigenvalue weighted by molar-refractivity contribution is 5.93. The monoisotopic (exact) mass is 512 g/mol. The summed E-state index contributed by atoms with van der Waals surface area (Å²) in [5.41, 5.74) is 11.4. The second kappa shape index (κ2) is 11.0. The zero-order valence-corrected chi connectivity index (χ0v) is 22.2. The summed E-state index contributed by atoms with van der Waals surface area (Å²) in [6.07, 6.45) is 5.71. The van der Waals surface area contributed by atoms with Gasteiger partial charge in [0.15, 0.2) is 0 Å². The topological polar surface area (TPSA) is 97.5 Å². The highest BCUT2D eigenvalue weighted by Crippen LogP contribution is 2.34. The number of amides is 2. The van der Waals surface area contributed by atoms with Gasteiger partial charge in [-0.3, -0.25) is 9.78 Å². The lowest BCUT2D eigenvalue weighted by Gasteiger charge is -2.32. The number of benzene rings is 2. The third-order valence-electron chi connectivity index (χ3n) is 7.68. The smallest absolute Gasteiger partial charge is 0.410 e. The van der Waals surface area contributed by atoms with Gasteiger partial charge >= 0.3 is 6.09 Å². The van der Waals surface area contributed by atoms with E-state index in [0.29, 0.717) is 31.2 Å². The van der Waals surface area contributed by atoms with E-state index in [-0.39, 0.29) is 18.0 Å². The van der Waals surface area contributed by atoms with Gasteiger partial charge in [0.25, 0.3) is 0 Å². The molecule has 1 aliphatic heterocycles. The number of hydrogen-bond acceptors (Lipinski definition) is 5. The number of rotatable bonds is 7. The number of hydrogen-bond donors (Lipinski definition) is 2. The summed E-state index contributed by atoms with van der Waals surface area (Å²) >= 11 is 0. The lowest BCUT2D eigenvalue weighted by Crippen LogP contribution is -2.39. The molecule has 1 saturated carbocycles. The summed E-state index contributed by atoms with van der Waals surface area (Å²) in [5, 5.41) is 3.08. The minimum atomic E-state index is -0.415. The largest absolute Gasteiger partial charge is 0.448 e. The van der Waals surface area contributed by atoms with Crippen LogP contribution in [0, 0.1) is 5.92 Å². The Kier molecular flexibility index (Phi) is 7.47. The molecular weight excluding hydrogens is 476 g/mol. The van der Waals surface area contributed by atoms with Crippen LogP contribution < -0.4 is 11.1 Å². The van der Waals surface area contributed by atoms with Gasteiger partial charge in [-0.1, -0.05) is 54.6 Å². The van der Waals surface area contributed by atoms with Crippen LogP contribution in [0.15, 0.2) is 66.9 Å². The van der Waals surface area contributed by atoms with Crippen LogP contribution in [0.2, 0.25) is 0 Å². The molecule has 5 rings (SSSR count). The van der Waals surface area contributed by atoms with Crippen LogP contribution in [0.5, 0.6) is 0 Å². The maximum Gasteiger partial charge on any atom is 0.410 e. The van der Waals surface area contributed by atoms with Crippen LogP contribution in [0.3, 0.4) is 0 Å². The number of nitrogens with two attached hydrogens (primary N) is 1. The number of ether oxygens (including phenoxy) is 1. The zero-order chi connectivity index (χ0) is 26.7. The molecule has 38 heavy (non-hydrogen) atoms. The highest BCUT2D eigenvalue weighted by Gasteiger charge is 2.33. The lowest BCUT2D eigenvalue weighted by atomic mass is 9.83. The van der Waals surface area contributed by atoms with E-state index < -0.39 is 5.54 Å². The normalized spacial score (nSPS) is 19.8. The first-order valence-electron chi connectivity index (χ1n) is 13.5. The molecular formula is C31H36N4O3. The number of nitrogens with zero attached hydrogens (tertiary/aromatic N) is 2. The first-order chi connectivity index (χ1) is 18.3. The SMILES string of the molecule is CC(C)(N)c1ccc(-c2ncc(NC(=O)CC3CCC(N4CCOC4=O)CC3)cc2-c2ccccc2)cc1. The molecule has 2 aromatic carbocycles. The van der Waals surface area contributed by atoms with Crippen molar-refractivity contribution < 1.29 is 14.3 Å². The van der Waals surface area contributed by atoms with Crippen molar-refractivity contribution >= 4 is 17.7 Å². The molecule has 2 aliphatic rings. The molecule has 0 unspecified atom stereocenters. The number of carbonyl (C=O) groups is 2. The fourth-order valence-electron chi connectivity index (χ4n) is 5.53. The van der Waals surface area contributed by atoms with E-state index in [2.05, 4.69) is 29.6 Å². The van der Waals surface area contributed by atoms with Crippen molar-refractivity contribution in [1.29, 1.82) is 0 Å². The van der Waals surface area contributed by atoms with E-state index in [9.17, 15) is 9.59 Å². The van der Waals surface area contributed by atoms with E-state index in [1.807, 2.05) is 55.1 Å². The van der Waals surface area contributed by atoms with Crippen LogP contribution in [0.1, 0.15) is 51.5 Å². The second-order valence-corrected chi connectivity index (χ2v) is 11.0. The zero-order valence-electron chi connectivity index (χ0n) is 22.2. The summed E-state index contributed by atoms with van der Waals surface area (Å²) in [6, 6.07) is 20.5. The highest BCUT2D eigenvalue weighted by atomic mass is 16.6. The molecule has 0 atom stereocenters. The second-order valence-electron chi connectivity index (χ2n) is 11.0. The van der Waals surface area contributed by atoms with Gasteiger partial charge in [0, 0.05) is 29.1 Å². The standard InChI is InChI=1S/C31H36N4O3/c1-31(2,32)24-12-10-23(11-13-24)29-27(22-6-4-3-5-7-22)19-25(20-33-29)34-28(36)18-21-8-14-26(15-9-21)35-16-17-38-30(35)37/h3-7,10-13,19-21,26H,8-9,14-18,32H2,1-2H3,(H,34,36). The molecule has 2 amide bonds. The molecule has 7 heteroatoms. The minimum absolute atomic E-state index is 0.00266. The number of aromatic nitrogens is 1. The summed E-state index contributed by atoms with van der Waals surface area (Å²) in [5.74, 6) is 0.313. The maximum atomic E-state index is 13.0. The van der Waals surface area contributed by atoms with Crippen LogP contribution in [0.25, 0.3) is 22.4 Å². The Hall–Kier alpha value is -3.71. The average Bonchev–Trinajstić information content (AvgIpc) is 3.35. The fraction of sp³-hybridized carbons (Fsp3) is 0.387. The maximum absolute atomic E-state index is 13.0. The van der Waals surface area contributed by atoms with Crippen LogP contribution >= 0.6 is 0 Å². The number of pyridine rings is 1. The molecule has 2 heterocycles. The Morgan fingerprint density at radius 1 is 1.05 bits per heavy atom. The molecule has 0 spiro atoms. The number of carbonyl (C=O) groups excluding carboxylic acids is 2. The summed E-state index contributed by atoms with van der Waals surface area (Å²) in [7, 11) is 0. The van der Waals surface area contributed by atoms with Gasteiger partial charge in [-0.25, -0.2) is 4.79 Å². The molecule has 1 saturated heterocycles. The predicted molar refractivity (Wildman–Crippen MR) is 149 cm³/mol. The van der Waals surface area contributed by atoms with Gasteiger partial charge in [-0.15, -0.1) is 0 Å². The van der Waals surface area contributed by atoms with Gasteiger partial charge in [-0.05, 0) is 62.6 Å². The Morgan fingerprint density at radius 3 is 2.39 bits per heavy atom. The predicted octanol–water partition coefficient (Wildman–Crippen LogP) is 5.95. The molecule has 3 aromatic rings. The van der Waals surface area contributed by atoms with E-state index in [0.717, 1.165) is 53.6 Å². The van der Waals surface area contributed by atoms with Crippen molar-refractivity contribution in [3.05, 3.63) is 72.4 Å². The van der Waals surface area contributed by atoms with E-state index >= 15 is 0 Å². The summed E-state index contributed by atoms with van der Waals surface area (Å²) < 4.78 is 5.09. The third-order valence-corrected chi connectivity index (χ3v) is 7.68. The van der Waals surface area contributed by atoms with Gasteiger partial charge < -0.3 is 20.7 Å². The van der Waals surface area contributed by atoms with Crippen LogP contribution in [0.4, 0.5) is 10.5 Å². The van der Waals surface area contributed by atoms with Crippen molar-refractivity contribution in [2.45, 2.75) is 57.5 Å². The van der Waals surface area contributed by atoms with Crippen molar-refractivity contribution in [3.8, 4) is 22.4 Å². The molecule has 0 radical (unpaired) electrons. The Morgan fingerprint density at radius 2 is 1.76 bits per heavy atom. The van der Waals surface area contributed by atoms with Crippen LogP contribution in [-0.4, -0.2) is 41.1 Å². The van der Waals surface area contributed by atoms with Gasteiger partial charge in [0.2, 0.25) is 5.91 Å². The van der Waals surface area contributed by atoms with Crippen molar-refractivity contribution in [3.63, 3.8) is 0 Å². The average molecular weight is 513 g/mol. The number of anilines is 1. The summed E-state index contributed by atoms with van der Waals surface area (Å²) in [6.45, 7) is 5.14. The quantitative estimate of drug-likeness (QED) is 0.408. The van der Waals surface area contributed by atoms with E-state index in [1.165, 1.54) is 0 Å². The molecule has 2 fully saturated rings. The number of nitrogens with one attached hydrogen (secondary N) is 1. The van der Waals surface area contributed by atoms with Gasteiger partial charge in [0.1, 0.15) is 6.61 Å². The third kappa shape index (κ3) is 5.89. The van der Waals surface area contributed by atoms with Gasteiger partial charge in [0.05, 0.1) is 24.1 Å². The first-order valence-corrected chi connectivity index (χ1v) is 13.5. The molecule has 1 aliphatic carbocycles. The molecule has 1 aromatic heterocycles.